The van der Waals surface area contributed by atoms with Crippen molar-refractivity contribution in [1.29, 1.82) is 0 Å². The Morgan fingerprint density at radius 1 is 1.07 bits per heavy atom. The fourth-order valence-corrected chi connectivity index (χ4v) is 1.88. The largest absolute Gasteiger partial charge is 0.466 e. The molecular formula is C12H21FO. The van der Waals surface area contributed by atoms with Gasteiger partial charge in [0.1, 0.15) is 6.10 Å². The molecule has 1 nitrogen and oxygen atoms in total. The highest BCUT2D eigenvalue weighted by Gasteiger charge is 2.43. The van der Waals surface area contributed by atoms with Gasteiger partial charge in [0.05, 0.1) is 0 Å². The average molecular weight is 200 g/mol. The summed E-state index contributed by atoms with van der Waals surface area (Å²) in [4.78, 5) is 0. The van der Waals surface area contributed by atoms with Crippen molar-refractivity contribution in [2.24, 2.45) is 16.7 Å². The zero-order valence-electron chi connectivity index (χ0n) is 10.0. The molecule has 2 unspecified atom stereocenters. The number of halogens is 1. The summed E-state index contributed by atoms with van der Waals surface area (Å²) < 4.78 is 18.4. The summed E-state index contributed by atoms with van der Waals surface area (Å²) in [5, 5.41) is 0. The summed E-state index contributed by atoms with van der Waals surface area (Å²) in [5.74, 6) is 0.155. The Labute approximate surface area is 86.3 Å². The van der Waals surface area contributed by atoms with Gasteiger partial charge in [0, 0.05) is 5.92 Å². The minimum atomic E-state index is -0.412. The predicted octanol–water partition coefficient (Wildman–Crippen LogP) is 3.90. The lowest BCUT2D eigenvalue weighted by Gasteiger charge is -2.37. The van der Waals surface area contributed by atoms with E-state index < -0.39 is 6.01 Å². The Bertz CT molecular complexity index is 242. The van der Waals surface area contributed by atoms with E-state index >= 15 is 0 Å². The highest BCUT2D eigenvalue weighted by molar-refractivity contribution is 5.07. The van der Waals surface area contributed by atoms with Gasteiger partial charge >= 0.3 is 0 Å². The zero-order chi connectivity index (χ0) is 11.1. The minimum absolute atomic E-state index is 0.0255. The second-order valence-corrected chi connectivity index (χ2v) is 6.27. The predicted molar refractivity (Wildman–Crippen MR) is 56.5 cm³/mol. The maximum atomic E-state index is 13.1. The van der Waals surface area contributed by atoms with Crippen LogP contribution in [0, 0.1) is 16.7 Å². The van der Waals surface area contributed by atoms with Gasteiger partial charge < -0.3 is 4.74 Å². The molecule has 0 saturated carbocycles. The van der Waals surface area contributed by atoms with Crippen molar-refractivity contribution < 1.29 is 9.13 Å². The summed E-state index contributed by atoms with van der Waals surface area (Å²) in [5.41, 5.74) is 0.0219. The van der Waals surface area contributed by atoms with E-state index in [1.165, 1.54) is 0 Å². The quantitative estimate of drug-likeness (QED) is 0.576. The normalized spacial score (nSPS) is 28.6. The molecule has 0 fully saturated rings. The van der Waals surface area contributed by atoms with Gasteiger partial charge in [0.15, 0.2) is 0 Å². The minimum Gasteiger partial charge on any atom is -0.466 e. The molecule has 1 aliphatic heterocycles. The van der Waals surface area contributed by atoms with Crippen LogP contribution in [0.25, 0.3) is 0 Å². The lowest BCUT2D eigenvalue weighted by atomic mass is 9.70. The number of hydrogen-bond acceptors (Lipinski definition) is 1. The van der Waals surface area contributed by atoms with Gasteiger partial charge in [-0.15, -0.1) is 0 Å². The van der Waals surface area contributed by atoms with Crippen LogP contribution in [0.5, 0.6) is 0 Å². The van der Waals surface area contributed by atoms with Crippen LogP contribution in [0.1, 0.15) is 41.5 Å². The molecule has 14 heavy (non-hydrogen) atoms. The maximum Gasteiger partial charge on any atom is 0.269 e. The first-order valence-corrected chi connectivity index (χ1v) is 5.16. The van der Waals surface area contributed by atoms with Crippen molar-refractivity contribution in [2.75, 3.05) is 0 Å². The van der Waals surface area contributed by atoms with Crippen molar-refractivity contribution in [3.8, 4) is 0 Å². The number of rotatable bonds is 0. The summed E-state index contributed by atoms with van der Waals surface area (Å²) in [6, 6.07) is -0.412. The van der Waals surface area contributed by atoms with Crippen LogP contribution in [-0.4, -0.2) is 6.10 Å². The van der Waals surface area contributed by atoms with Crippen LogP contribution in [0.2, 0.25) is 0 Å². The standard InChI is InChI=1S/C12H21FO/c1-11(2,3)8-7-9(13)14-10(8)12(4,5)6/h7-8,10H,1-6H3. The summed E-state index contributed by atoms with van der Waals surface area (Å²) in [6.45, 7) is 12.6. The first kappa shape index (κ1) is 11.5. The lowest BCUT2D eigenvalue weighted by molar-refractivity contribution is -0.0265. The zero-order valence-corrected chi connectivity index (χ0v) is 10.0. The van der Waals surface area contributed by atoms with Crippen LogP contribution in [0.3, 0.4) is 0 Å². The van der Waals surface area contributed by atoms with E-state index in [0.717, 1.165) is 0 Å². The monoisotopic (exact) mass is 200 g/mol. The van der Waals surface area contributed by atoms with Gasteiger partial charge in [-0.3, -0.25) is 0 Å². The highest BCUT2D eigenvalue weighted by atomic mass is 19.1. The van der Waals surface area contributed by atoms with Crippen LogP contribution < -0.4 is 0 Å². The fraction of sp³-hybridized carbons (Fsp3) is 0.833. The highest BCUT2D eigenvalue weighted by Crippen LogP contribution is 2.44. The van der Waals surface area contributed by atoms with E-state index in [4.69, 9.17) is 4.74 Å². The van der Waals surface area contributed by atoms with E-state index in [9.17, 15) is 4.39 Å². The Balaban J connectivity index is 2.91. The van der Waals surface area contributed by atoms with Crippen molar-refractivity contribution in [3.05, 3.63) is 12.1 Å². The van der Waals surface area contributed by atoms with E-state index in [0.29, 0.717) is 0 Å². The molecule has 1 aliphatic rings. The Kier molecular flexibility index (Phi) is 2.68. The molecule has 1 rings (SSSR count). The van der Waals surface area contributed by atoms with E-state index in [2.05, 4.69) is 41.5 Å². The first-order chi connectivity index (χ1) is 6.12. The third-order valence-electron chi connectivity index (χ3n) is 2.73. The summed E-state index contributed by atoms with van der Waals surface area (Å²) in [6.07, 6.45) is 1.57. The molecule has 0 aliphatic carbocycles. The summed E-state index contributed by atoms with van der Waals surface area (Å²) in [7, 11) is 0. The molecule has 0 aromatic rings. The second kappa shape index (κ2) is 3.25. The van der Waals surface area contributed by atoms with Crippen LogP contribution >= 0.6 is 0 Å². The molecule has 0 aromatic carbocycles. The SMILES string of the molecule is CC(C)(C)C1C=C(F)OC1C(C)(C)C. The summed E-state index contributed by atoms with van der Waals surface area (Å²) >= 11 is 0. The molecule has 82 valence electrons. The third-order valence-corrected chi connectivity index (χ3v) is 2.73. The lowest BCUT2D eigenvalue weighted by Crippen LogP contribution is -2.38. The molecule has 0 radical (unpaired) electrons. The molecule has 2 atom stereocenters. The van der Waals surface area contributed by atoms with Crippen LogP contribution in [-0.2, 0) is 4.74 Å². The molecule has 0 bridgehead atoms. The van der Waals surface area contributed by atoms with Crippen molar-refractivity contribution in [2.45, 2.75) is 47.6 Å². The smallest absolute Gasteiger partial charge is 0.269 e. The fourth-order valence-electron chi connectivity index (χ4n) is 1.88. The Hall–Kier alpha value is -0.530. The van der Waals surface area contributed by atoms with Gasteiger partial charge in [0.25, 0.3) is 6.01 Å². The molecule has 1 heterocycles. The van der Waals surface area contributed by atoms with Gasteiger partial charge in [0.2, 0.25) is 0 Å². The van der Waals surface area contributed by atoms with Gasteiger partial charge in [-0.2, -0.15) is 4.39 Å². The first-order valence-electron chi connectivity index (χ1n) is 5.16. The molecule has 0 spiro atoms. The third kappa shape index (κ3) is 2.28. The maximum absolute atomic E-state index is 13.1. The molecule has 2 heteroatoms. The van der Waals surface area contributed by atoms with Crippen LogP contribution in [0.4, 0.5) is 4.39 Å². The van der Waals surface area contributed by atoms with Crippen LogP contribution in [0.15, 0.2) is 12.1 Å². The Morgan fingerprint density at radius 2 is 1.57 bits per heavy atom. The molecule has 0 N–H and O–H groups in total. The van der Waals surface area contributed by atoms with Gasteiger partial charge in [-0.25, -0.2) is 0 Å². The van der Waals surface area contributed by atoms with Gasteiger partial charge in [-0.1, -0.05) is 41.5 Å². The molecule has 0 amide bonds. The average Bonchev–Trinajstić information content (AvgIpc) is 2.27. The molecule has 0 saturated heterocycles. The van der Waals surface area contributed by atoms with Crippen molar-refractivity contribution in [1.82, 2.24) is 0 Å². The van der Waals surface area contributed by atoms with Crippen molar-refractivity contribution >= 4 is 0 Å². The van der Waals surface area contributed by atoms with Gasteiger partial charge in [-0.05, 0) is 16.9 Å². The van der Waals surface area contributed by atoms with E-state index in [1.807, 2.05) is 0 Å². The molecule has 0 aromatic heterocycles. The topological polar surface area (TPSA) is 9.23 Å². The Morgan fingerprint density at radius 3 is 1.86 bits per heavy atom. The number of hydrogen-bond donors (Lipinski definition) is 0. The van der Waals surface area contributed by atoms with Crippen molar-refractivity contribution in [3.63, 3.8) is 0 Å². The number of ether oxygens (including phenoxy) is 1. The molecular weight excluding hydrogens is 179 g/mol. The van der Waals surface area contributed by atoms with E-state index in [-0.39, 0.29) is 22.9 Å². The second-order valence-electron chi connectivity index (χ2n) is 6.27. The van der Waals surface area contributed by atoms with E-state index in [1.54, 1.807) is 6.08 Å².